The van der Waals surface area contributed by atoms with Gasteiger partial charge in [-0.05, 0) is 51.4 Å². The first-order valence-corrected chi connectivity index (χ1v) is 6.63. The summed E-state index contributed by atoms with van der Waals surface area (Å²) in [5.41, 5.74) is 5.65. The van der Waals surface area contributed by atoms with Gasteiger partial charge in [-0.1, -0.05) is 6.92 Å². The third-order valence-electron chi connectivity index (χ3n) is 3.52. The SMILES string of the molecule is CC(N)CCCNC(=O)C1CCC(C)CC1. The maximum Gasteiger partial charge on any atom is 0.223 e. The summed E-state index contributed by atoms with van der Waals surface area (Å²) in [5, 5.41) is 3.03. The van der Waals surface area contributed by atoms with E-state index in [1.54, 1.807) is 0 Å². The first-order valence-electron chi connectivity index (χ1n) is 6.63. The first-order chi connectivity index (χ1) is 7.59. The van der Waals surface area contributed by atoms with Gasteiger partial charge < -0.3 is 11.1 Å². The zero-order chi connectivity index (χ0) is 12.0. The number of nitrogens with one attached hydrogen (secondary N) is 1. The van der Waals surface area contributed by atoms with Crippen LogP contribution in [-0.2, 0) is 4.79 Å². The predicted octanol–water partition coefficient (Wildman–Crippen LogP) is 2.06. The summed E-state index contributed by atoms with van der Waals surface area (Å²) in [6.07, 6.45) is 6.53. The fourth-order valence-corrected chi connectivity index (χ4v) is 2.30. The molecule has 0 aliphatic heterocycles. The summed E-state index contributed by atoms with van der Waals surface area (Å²) in [6, 6.07) is 0.243. The standard InChI is InChI=1S/C13H26N2O/c1-10-5-7-12(8-6-10)13(16)15-9-3-4-11(2)14/h10-12H,3-9,14H2,1-2H3,(H,15,16). The Morgan fingerprint density at radius 3 is 2.56 bits per heavy atom. The van der Waals surface area contributed by atoms with Gasteiger partial charge in [0.25, 0.3) is 0 Å². The highest BCUT2D eigenvalue weighted by Crippen LogP contribution is 2.28. The van der Waals surface area contributed by atoms with Gasteiger partial charge in [0.05, 0.1) is 0 Å². The van der Waals surface area contributed by atoms with E-state index in [0.29, 0.717) is 0 Å². The Morgan fingerprint density at radius 1 is 1.38 bits per heavy atom. The topological polar surface area (TPSA) is 55.1 Å². The van der Waals surface area contributed by atoms with Crippen molar-refractivity contribution < 1.29 is 4.79 Å². The Hall–Kier alpha value is -0.570. The van der Waals surface area contributed by atoms with Crippen molar-refractivity contribution in [3.63, 3.8) is 0 Å². The van der Waals surface area contributed by atoms with E-state index in [4.69, 9.17) is 5.73 Å². The van der Waals surface area contributed by atoms with Crippen LogP contribution in [0.2, 0.25) is 0 Å². The van der Waals surface area contributed by atoms with Gasteiger partial charge in [0.2, 0.25) is 5.91 Å². The molecular weight excluding hydrogens is 200 g/mol. The molecule has 0 heterocycles. The molecule has 16 heavy (non-hydrogen) atoms. The Bertz CT molecular complexity index is 208. The van der Waals surface area contributed by atoms with Crippen LogP contribution in [0.5, 0.6) is 0 Å². The maximum absolute atomic E-state index is 11.8. The van der Waals surface area contributed by atoms with E-state index < -0.39 is 0 Å². The fourth-order valence-electron chi connectivity index (χ4n) is 2.30. The summed E-state index contributed by atoms with van der Waals surface area (Å²) < 4.78 is 0. The van der Waals surface area contributed by atoms with E-state index in [0.717, 1.165) is 38.1 Å². The van der Waals surface area contributed by atoms with Gasteiger partial charge in [-0.15, -0.1) is 0 Å². The Morgan fingerprint density at radius 2 is 2.00 bits per heavy atom. The minimum atomic E-state index is 0.243. The van der Waals surface area contributed by atoms with Gasteiger partial charge in [0, 0.05) is 18.5 Å². The second-order valence-corrected chi connectivity index (χ2v) is 5.37. The Kier molecular flexibility index (Phi) is 5.81. The van der Waals surface area contributed by atoms with Crippen molar-refractivity contribution in [2.45, 2.75) is 58.4 Å². The van der Waals surface area contributed by atoms with E-state index in [-0.39, 0.29) is 17.9 Å². The lowest BCUT2D eigenvalue weighted by molar-refractivity contribution is -0.126. The first kappa shape index (κ1) is 13.5. The lowest BCUT2D eigenvalue weighted by Crippen LogP contribution is -2.34. The summed E-state index contributed by atoms with van der Waals surface area (Å²) in [7, 11) is 0. The van der Waals surface area contributed by atoms with Crippen LogP contribution in [0, 0.1) is 11.8 Å². The van der Waals surface area contributed by atoms with Crippen LogP contribution in [0.15, 0.2) is 0 Å². The summed E-state index contributed by atoms with van der Waals surface area (Å²) in [4.78, 5) is 11.8. The van der Waals surface area contributed by atoms with Crippen LogP contribution in [0.25, 0.3) is 0 Å². The second-order valence-electron chi connectivity index (χ2n) is 5.37. The molecule has 94 valence electrons. The molecule has 3 nitrogen and oxygen atoms in total. The van der Waals surface area contributed by atoms with Crippen LogP contribution in [0.1, 0.15) is 52.4 Å². The molecule has 1 unspecified atom stereocenters. The molecule has 1 rings (SSSR count). The second kappa shape index (κ2) is 6.89. The number of amides is 1. The van der Waals surface area contributed by atoms with Gasteiger partial charge in [0.1, 0.15) is 0 Å². The van der Waals surface area contributed by atoms with Crippen LogP contribution in [0.3, 0.4) is 0 Å². The van der Waals surface area contributed by atoms with Crippen molar-refractivity contribution in [2.24, 2.45) is 17.6 Å². The minimum Gasteiger partial charge on any atom is -0.356 e. The molecular formula is C13H26N2O. The summed E-state index contributed by atoms with van der Waals surface area (Å²) in [5.74, 6) is 1.34. The molecule has 0 aromatic rings. The molecule has 0 radical (unpaired) electrons. The molecule has 1 aliphatic carbocycles. The average molecular weight is 226 g/mol. The fraction of sp³-hybridized carbons (Fsp3) is 0.923. The monoisotopic (exact) mass is 226 g/mol. The Labute approximate surface area is 99.2 Å². The molecule has 1 saturated carbocycles. The molecule has 1 aliphatic rings. The van der Waals surface area contributed by atoms with Crippen LogP contribution >= 0.6 is 0 Å². The molecule has 0 aromatic heterocycles. The van der Waals surface area contributed by atoms with Gasteiger partial charge in [-0.3, -0.25) is 4.79 Å². The number of hydrogen-bond acceptors (Lipinski definition) is 2. The Balaban J connectivity index is 2.10. The number of rotatable bonds is 5. The minimum absolute atomic E-state index is 0.243. The molecule has 0 spiro atoms. The van der Waals surface area contributed by atoms with Crippen molar-refractivity contribution in [1.29, 1.82) is 0 Å². The average Bonchev–Trinajstić information content (AvgIpc) is 2.25. The number of carbonyl (C=O) groups is 1. The zero-order valence-corrected chi connectivity index (χ0v) is 10.7. The smallest absolute Gasteiger partial charge is 0.223 e. The van der Waals surface area contributed by atoms with E-state index in [1.807, 2.05) is 6.92 Å². The molecule has 1 fully saturated rings. The maximum atomic E-state index is 11.8. The van der Waals surface area contributed by atoms with Crippen molar-refractivity contribution >= 4 is 5.91 Å². The molecule has 1 atom stereocenters. The number of carbonyl (C=O) groups excluding carboxylic acids is 1. The molecule has 3 heteroatoms. The third kappa shape index (κ3) is 4.97. The van der Waals surface area contributed by atoms with Gasteiger partial charge >= 0.3 is 0 Å². The van der Waals surface area contributed by atoms with Crippen molar-refractivity contribution in [2.75, 3.05) is 6.54 Å². The molecule has 0 aromatic carbocycles. The van der Waals surface area contributed by atoms with Gasteiger partial charge in [0.15, 0.2) is 0 Å². The van der Waals surface area contributed by atoms with Gasteiger partial charge in [-0.25, -0.2) is 0 Å². The number of hydrogen-bond donors (Lipinski definition) is 2. The molecule has 0 saturated heterocycles. The molecule has 3 N–H and O–H groups in total. The third-order valence-corrected chi connectivity index (χ3v) is 3.52. The lowest BCUT2D eigenvalue weighted by atomic mass is 9.82. The van der Waals surface area contributed by atoms with Crippen LogP contribution < -0.4 is 11.1 Å². The number of nitrogens with two attached hydrogens (primary N) is 1. The van der Waals surface area contributed by atoms with Crippen LogP contribution in [-0.4, -0.2) is 18.5 Å². The van der Waals surface area contributed by atoms with Crippen molar-refractivity contribution in [3.05, 3.63) is 0 Å². The van der Waals surface area contributed by atoms with Crippen LogP contribution in [0.4, 0.5) is 0 Å². The summed E-state index contributed by atoms with van der Waals surface area (Å²) >= 11 is 0. The predicted molar refractivity (Wildman–Crippen MR) is 67.0 cm³/mol. The highest BCUT2D eigenvalue weighted by Gasteiger charge is 2.23. The zero-order valence-electron chi connectivity index (χ0n) is 10.7. The molecule has 0 bridgehead atoms. The van der Waals surface area contributed by atoms with Gasteiger partial charge in [-0.2, -0.15) is 0 Å². The van der Waals surface area contributed by atoms with Crippen molar-refractivity contribution in [1.82, 2.24) is 5.32 Å². The quantitative estimate of drug-likeness (QED) is 0.705. The highest BCUT2D eigenvalue weighted by atomic mass is 16.1. The normalized spacial score (nSPS) is 27.4. The van der Waals surface area contributed by atoms with E-state index in [1.165, 1.54) is 12.8 Å². The van der Waals surface area contributed by atoms with Crippen molar-refractivity contribution in [3.8, 4) is 0 Å². The summed E-state index contributed by atoms with van der Waals surface area (Å²) in [6.45, 7) is 5.06. The van der Waals surface area contributed by atoms with E-state index in [2.05, 4.69) is 12.2 Å². The highest BCUT2D eigenvalue weighted by molar-refractivity contribution is 5.78. The molecule has 1 amide bonds. The lowest BCUT2D eigenvalue weighted by Gasteiger charge is -2.25. The van der Waals surface area contributed by atoms with E-state index in [9.17, 15) is 4.79 Å². The van der Waals surface area contributed by atoms with E-state index >= 15 is 0 Å². The largest absolute Gasteiger partial charge is 0.356 e.